The summed E-state index contributed by atoms with van der Waals surface area (Å²) in [5.41, 5.74) is 4.29. The van der Waals surface area contributed by atoms with Crippen molar-refractivity contribution in [3.63, 3.8) is 0 Å². The molecule has 0 aliphatic carbocycles. The smallest absolute Gasteiger partial charge is 0.326 e. The molecule has 4 aromatic rings. The summed E-state index contributed by atoms with van der Waals surface area (Å²) >= 11 is 0. The standard InChI is InChI=1S/C27H29N9O3/c1-17-14-23(39-34-17)32-27(37)30-20-6-4-19(5-7-20)24-31-22-15-35(26-28-9-3-10-29-26)11-8-21(22)25(33-24)36-12-13-38-16-18(36)2/h3-7,9-10,14,18H,8,11-13,15-16H2,1-2H3,(H2,30,32,37). The number of hydrogen-bond donors (Lipinski definition) is 2. The molecule has 39 heavy (non-hydrogen) atoms. The average molecular weight is 528 g/mol. The van der Waals surface area contributed by atoms with E-state index in [2.05, 4.69) is 42.5 Å². The van der Waals surface area contributed by atoms with E-state index in [4.69, 9.17) is 19.2 Å². The molecule has 0 bridgehead atoms. The van der Waals surface area contributed by atoms with Crippen LogP contribution in [0.3, 0.4) is 0 Å². The predicted octanol–water partition coefficient (Wildman–Crippen LogP) is 3.66. The molecule has 2 aliphatic rings. The van der Waals surface area contributed by atoms with Crippen molar-refractivity contribution >= 4 is 29.4 Å². The van der Waals surface area contributed by atoms with E-state index in [0.717, 1.165) is 42.1 Å². The third-order valence-corrected chi connectivity index (χ3v) is 6.78. The Morgan fingerprint density at radius 2 is 1.90 bits per heavy atom. The normalized spacial score (nSPS) is 17.0. The van der Waals surface area contributed by atoms with Crippen molar-refractivity contribution in [1.29, 1.82) is 0 Å². The molecule has 3 aromatic heterocycles. The molecular formula is C27H29N9O3. The summed E-state index contributed by atoms with van der Waals surface area (Å²) in [6, 6.07) is 10.7. The van der Waals surface area contributed by atoms with Gasteiger partial charge in [0, 0.05) is 48.4 Å². The van der Waals surface area contributed by atoms with E-state index in [0.29, 0.717) is 42.9 Å². The highest BCUT2D eigenvalue weighted by atomic mass is 16.5. The third-order valence-electron chi connectivity index (χ3n) is 6.78. The summed E-state index contributed by atoms with van der Waals surface area (Å²) in [5, 5.41) is 9.19. The molecule has 2 amide bonds. The van der Waals surface area contributed by atoms with Crippen molar-refractivity contribution in [3.8, 4) is 11.4 Å². The molecule has 2 aliphatic heterocycles. The number of morpholine rings is 1. The highest BCUT2D eigenvalue weighted by molar-refractivity contribution is 5.99. The Kier molecular flexibility index (Phi) is 6.76. The van der Waals surface area contributed by atoms with E-state index in [-0.39, 0.29) is 11.9 Å². The van der Waals surface area contributed by atoms with Crippen LogP contribution in [-0.4, -0.2) is 63.5 Å². The molecule has 12 heteroatoms. The largest absolute Gasteiger partial charge is 0.377 e. The van der Waals surface area contributed by atoms with Gasteiger partial charge in [0.05, 0.1) is 37.2 Å². The second-order valence-corrected chi connectivity index (χ2v) is 9.62. The lowest BCUT2D eigenvalue weighted by Crippen LogP contribution is -2.45. The molecular weight excluding hydrogens is 498 g/mol. The Hall–Kier alpha value is -4.58. The molecule has 0 spiro atoms. The first-order chi connectivity index (χ1) is 19.0. The summed E-state index contributed by atoms with van der Waals surface area (Å²) < 4.78 is 10.7. The summed E-state index contributed by atoms with van der Waals surface area (Å²) in [7, 11) is 0. The average Bonchev–Trinajstić information content (AvgIpc) is 3.37. The number of carbonyl (C=O) groups is 1. The maximum Gasteiger partial charge on any atom is 0.326 e. The van der Waals surface area contributed by atoms with Crippen molar-refractivity contribution < 1.29 is 14.1 Å². The zero-order chi connectivity index (χ0) is 26.8. The van der Waals surface area contributed by atoms with Crippen LogP contribution in [0.15, 0.2) is 53.3 Å². The fourth-order valence-corrected chi connectivity index (χ4v) is 4.84. The predicted molar refractivity (Wildman–Crippen MR) is 146 cm³/mol. The number of anilines is 4. The zero-order valence-corrected chi connectivity index (χ0v) is 21.8. The van der Waals surface area contributed by atoms with Gasteiger partial charge in [0.2, 0.25) is 11.8 Å². The molecule has 1 fully saturated rings. The highest BCUT2D eigenvalue weighted by Crippen LogP contribution is 2.32. The molecule has 1 aromatic carbocycles. The van der Waals surface area contributed by atoms with Gasteiger partial charge in [0.1, 0.15) is 5.82 Å². The van der Waals surface area contributed by atoms with Crippen LogP contribution in [-0.2, 0) is 17.7 Å². The lowest BCUT2D eigenvalue weighted by molar-refractivity contribution is 0.0984. The number of rotatable bonds is 5. The van der Waals surface area contributed by atoms with Gasteiger partial charge in [-0.15, -0.1) is 0 Å². The fourth-order valence-electron chi connectivity index (χ4n) is 4.84. The lowest BCUT2D eigenvalue weighted by atomic mass is 10.0. The van der Waals surface area contributed by atoms with Crippen molar-refractivity contribution in [3.05, 3.63) is 65.7 Å². The first-order valence-electron chi connectivity index (χ1n) is 12.9. The number of nitrogens with zero attached hydrogens (tertiary/aromatic N) is 7. The third kappa shape index (κ3) is 5.36. The topological polar surface area (TPSA) is 134 Å². The number of amides is 2. The van der Waals surface area contributed by atoms with Gasteiger partial charge >= 0.3 is 6.03 Å². The minimum atomic E-state index is -0.421. The molecule has 6 rings (SSSR count). The number of hydrogen-bond acceptors (Lipinski definition) is 10. The molecule has 200 valence electrons. The van der Waals surface area contributed by atoms with Crippen LogP contribution in [0.4, 0.5) is 28.1 Å². The number of ether oxygens (including phenoxy) is 1. The van der Waals surface area contributed by atoms with Gasteiger partial charge < -0.3 is 24.4 Å². The van der Waals surface area contributed by atoms with Gasteiger partial charge in [-0.25, -0.2) is 24.7 Å². The first kappa shape index (κ1) is 24.7. The Bertz CT molecular complexity index is 1460. The van der Waals surface area contributed by atoms with Crippen LogP contribution in [0.2, 0.25) is 0 Å². The Morgan fingerprint density at radius 3 is 2.64 bits per heavy atom. The van der Waals surface area contributed by atoms with Gasteiger partial charge in [0.15, 0.2) is 5.82 Å². The molecule has 1 saturated heterocycles. The summed E-state index contributed by atoms with van der Waals surface area (Å²) in [4.78, 5) is 35.8. The zero-order valence-electron chi connectivity index (χ0n) is 21.8. The van der Waals surface area contributed by atoms with Gasteiger partial charge in [-0.2, -0.15) is 0 Å². The second-order valence-electron chi connectivity index (χ2n) is 9.62. The van der Waals surface area contributed by atoms with Crippen LogP contribution < -0.4 is 20.4 Å². The van der Waals surface area contributed by atoms with Gasteiger partial charge in [-0.05, 0) is 50.6 Å². The monoisotopic (exact) mass is 527 g/mol. The maximum absolute atomic E-state index is 12.3. The van der Waals surface area contributed by atoms with Gasteiger partial charge in [-0.3, -0.25) is 5.32 Å². The van der Waals surface area contributed by atoms with Crippen LogP contribution in [0.5, 0.6) is 0 Å². The van der Waals surface area contributed by atoms with E-state index in [1.807, 2.05) is 30.3 Å². The number of nitrogens with one attached hydrogen (secondary N) is 2. The lowest BCUT2D eigenvalue weighted by Gasteiger charge is -2.37. The van der Waals surface area contributed by atoms with Crippen molar-refractivity contribution in [2.75, 3.05) is 46.7 Å². The number of aryl methyl sites for hydroxylation is 1. The van der Waals surface area contributed by atoms with E-state index < -0.39 is 6.03 Å². The highest BCUT2D eigenvalue weighted by Gasteiger charge is 2.29. The molecule has 12 nitrogen and oxygen atoms in total. The van der Waals surface area contributed by atoms with Crippen LogP contribution >= 0.6 is 0 Å². The molecule has 0 saturated carbocycles. The summed E-state index contributed by atoms with van der Waals surface area (Å²) in [6.45, 7) is 7.44. The Labute approximate surface area is 225 Å². The van der Waals surface area contributed by atoms with E-state index in [1.165, 1.54) is 0 Å². The quantitative estimate of drug-likeness (QED) is 0.396. The molecule has 1 atom stereocenters. The molecule has 1 unspecified atom stereocenters. The number of urea groups is 1. The number of benzene rings is 1. The minimum Gasteiger partial charge on any atom is -0.377 e. The van der Waals surface area contributed by atoms with Crippen LogP contribution in [0.1, 0.15) is 23.9 Å². The van der Waals surface area contributed by atoms with Crippen LogP contribution in [0.25, 0.3) is 11.4 Å². The van der Waals surface area contributed by atoms with E-state index >= 15 is 0 Å². The maximum atomic E-state index is 12.3. The number of carbonyl (C=O) groups excluding carboxylic acids is 1. The molecule has 5 heterocycles. The summed E-state index contributed by atoms with van der Waals surface area (Å²) in [5.74, 6) is 2.57. The molecule has 0 radical (unpaired) electrons. The number of aromatic nitrogens is 5. The fraction of sp³-hybridized carbons (Fsp3) is 0.333. The minimum absolute atomic E-state index is 0.208. The van der Waals surface area contributed by atoms with Gasteiger partial charge in [-0.1, -0.05) is 5.16 Å². The van der Waals surface area contributed by atoms with Crippen molar-refractivity contribution in [2.24, 2.45) is 0 Å². The number of fused-ring (bicyclic) bond motifs is 1. The summed E-state index contributed by atoms with van der Waals surface area (Å²) in [6.07, 6.45) is 4.31. The van der Waals surface area contributed by atoms with Crippen molar-refractivity contribution in [1.82, 2.24) is 25.1 Å². The first-order valence-corrected chi connectivity index (χ1v) is 12.9. The molecule has 2 N–H and O–H groups in total. The SMILES string of the molecule is Cc1cc(NC(=O)Nc2ccc(-c3nc4c(c(N5CCOCC5C)n3)CCN(c3ncccn3)C4)cc2)on1. The van der Waals surface area contributed by atoms with Gasteiger partial charge in [0.25, 0.3) is 0 Å². The van der Waals surface area contributed by atoms with Crippen LogP contribution in [0, 0.1) is 6.92 Å². The van der Waals surface area contributed by atoms with Crippen molar-refractivity contribution in [2.45, 2.75) is 32.9 Å². The Balaban J connectivity index is 1.28. The van der Waals surface area contributed by atoms with E-state index in [1.54, 1.807) is 25.4 Å². The van der Waals surface area contributed by atoms with E-state index in [9.17, 15) is 4.79 Å². The Morgan fingerprint density at radius 1 is 1.08 bits per heavy atom. The second kappa shape index (κ2) is 10.7.